The Kier molecular flexibility index (Phi) is 3.62. The third-order valence-electron chi connectivity index (χ3n) is 0.611. The van der Waals surface area contributed by atoms with Crippen molar-refractivity contribution in [3.63, 3.8) is 0 Å². The second kappa shape index (κ2) is 4.03. The lowest BCUT2D eigenvalue weighted by atomic mass is 10.4. The molecule has 0 fully saturated rings. The molecule has 0 aromatic heterocycles. The van der Waals surface area contributed by atoms with E-state index in [0.717, 1.165) is 0 Å². The van der Waals surface area contributed by atoms with Crippen molar-refractivity contribution in [1.29, 1.82) is 0 Å². The number of carbonyl (C=O) groups is 1. The van der Waals surface area contributed by atoms with Gasteiger partial charge in [-0.25, -0.2) is 15.2 Å². The summed E-state index contributed by atoms with van der Waals surface area (Å²) in [5.74, 6) is 0. The Morgan fingerprint density at radius 2 is 2.22 bits per heavy atom. The van der Waals surface area contributed by atoms with E-state index in [4.69, 9.17) is 0 Å². The maximum Gasteiger partial charge on any atom is 0.354 e. The van der Waals surface area contributed by atoms with Crippen molar-refractivity contribution in [3.05, 3.63) is 0 Å². The van der Waals surface area contributed by atoms with Crippen molar-refractivity contribution in [2.24, 2.45) is 4.99 Å². The van der Waals surface area contributed by atoms with Gasteiger partial charge in [0.05, 0.1) is 0 Å². The topological polar surface area (TPSA) is 53.5 Å². The van der Waals surface area contributed by atoms with Crippen molar-refractivity contribution in [2.75, 3.05) is 0 Å². The molecular weight excluding hydrogens is 118 g/mol. The Balaban J connectivity index is 3.27. The predicted molar refractivity (Wildman–Crippen MR) is 36.4 cm³/mol. The molecule has 0 rings (SSSR count). The van der Waals surface area contributed by atoms with Crippen LogP contribution in [0.5, 0.6) is 0 Å². The van der Waals surface area contributed by atoms with E-state index < -0.39 is 6.03 Å². The van der Waals surface area contributed by atoms with E-state index in [0.29, 0.717) is 0 Å². The van der Waals surface area contributed by atoms with Gasteiger partial charge in [-0.2, -0.15) is 0 Å². The van der Waals surface area contributed by atoms with Crippen LogP contribution in [0.4, 0.5) is 4.79 Å². The summed E-state index contributed by atoms with van der Waals surface area (Å²) in [6.07, 6.45) is 0. The van der Waals surface area contributed by atoms with Gasteiger partial charge in [0.2, 0.25) is 0 Å². The first kappa shape index (κ1) is 8.10. The quantitative estimate of drug-likeness (QED) is 0.416. The first-order valence-electron chi connectivity index (χ1n) is 2.69. The molecule has 9 heavy (non-hydrogen) atoms. The third kappa shape index (κ3) is 4.96. The van der Waals surface area contributed by atoms with E-state index in [9.17, 15) is 4.79 Å². The second-order valence-electron chi connectivity index (χ2n) is 1.89. The molecule has 0 spiro atoms. The number of nitrogens with one attached hydrogen (secondary N) is 2. The van der Waals surface area contributed by atoms with Gasteiger partial charge < -0.3 is 0 Å². The molecule has 0 aliphatic heterocycles. The summed E-state index contributed by atoms with van der Waals surface area (Å²) in [4.78, 5) is 13.4. The van der Waals surface area contributed by atoms with E-state index in [2.05, 4.69) is 22.6 Å². The average Bonchev–Trinajstić information content (AvgIpc) is 1.83. The number of rotatable bonds is 2. The molecule has 0 aliphatic carbocycles. The largest absolute Gasteiger partial charge is 0.354 e. The Bertz CT molecular complexity index is 111. The Hall–Kier alpha value is -0.900. The molecule has 0 heterocycles. The summed E-state index contributed by atoms with van der Waals surface area (Å²) >= 11 is 0. The maximum absolute atomic E-state index is 10.3. The minimum atomic E-state index is -0.455. The van der Waals surface area contributed by atoms with Gasteiger partial charge in [0.1, 0.15) is 0 Å². The Morgan fingerprint density at radius 1 is 1.67 bits per heavy atom. The van der Waals surface area contributed by atoms with Crippen LogP contribution in [0.3, 0.4) is 0 Å². The highest BCUT2D eigenvalue weighted by molar-refractivity contribution is 5.78. The lowest BCUT2D eigenvalue weighted by molar-refractivity contribution is 0.243. The van der Waals surface area contributed by atoms with Gasteiger partial charge in [-0.3, -0.25) is 5.43 Å². The van der Waals surface area contributed by atoms with Crippen LogP contribution in [0, 0.1) is 0 Å². The molecule has 0 saturated carbocycles. The van der Waals surface area contributed by atoms with Crippen LogP contribution in [0.25, 0.3) is 0 Å². The minimum absolute atomic E-state index is 0.218. The molecule has 0 aromatic rings. The number of carbonyl (C=O) groups excluding carboxylic acids is 1. The van der Waals surface area contributed by atoms with Crippen LogP contribution in [0.2, 0.25) is 0 Å². The molecule has 0 unspecified atom stereocenters. The fourth-order valence-electron chi connectivity index (χ4n) is 0.246. The second-order valence-corrected chi connectivity index (χ2v) is 1.89. The minimum Gasteiger partial charge on any atom is -0.271 e. The van der Waals surface area contributed by atoms with Crippen molar-refractivity contribution in [2.45, 2.75) is 19.9 Å². The van der Waals surface area contributed by atoms with Gasteiger partial charge in [-0.1, -0.05) is 0 Å². The number of hydrogen-bond acceptors (Lipinski definition) is 2. The Morgan fingerprint density at radius 3 is 2.56 bits per heavy atom. The zero-order valence-corrected chi connectivity index (χ0v) is 5.64. The number of hydrazine groups is 1. The summed E-state index contributed by atoms with van der Waals surface area (Å²) in [7, 11) is 0. The molecule has 2 N–H and O–H groups in total. The van der Waals surface area contributed by atoms with Crippen LogP contribution in [0.1, 0.15) is 13.8 Å². The molecule has 0 atom stereocenters. The number of nitrogens with zero attached hydrogens (tertiary/aromatic N) is 1. The first-order valence-corrected chi connectivity index (χ1v) is 2.69. The average molecular weight is 129 g/mol. The number of aliphatic imine (C=N–C) groups is 1. The zero-order valence-electron chi connectivity index (χ0n) is 5.64. The summed E-state index contributed by atoms with van der Waals surface area (Å²) in [6, 6.07) is -0.237. The van der Waals surface area contributed by atoms with Gasteiger partial charge in [-0.15, -0.1) is 0 Å². The van der Waals surface area contributed by atoms with E-state index >= 15 is 0 Å². The van der Waals surface area contributed by atoms with Crippen molar-refractivity contribution >= 4 is 12.7 Å². The van der Waals surface area contributed by atoms with E-state index in [-0.39, 0.29) is 6.04 Å². The van der Waals surface area contributed by atoms with Crippen molar-refractivity contribution < 1.29 is 4.79 Å². The maximum atomic E-state index is 10.3. The van der Waals surface area contributed by atoms with E-state index in [1.54, 1.807) is 0 Å². The molecule has 4 heteroatoms. The summed E-state index contributed by atoms with van der Waals surface area (Å²) < 4.78 is 0. The van der Waals surface area contributed by atoms with Crippen molar-refractivity contribution in [1.82, 2.24) is 10.9 Å². The van der Waals surface area contributed by atoms with E-state index in [1.807, 2.05) is 13.8 Å². The molecule has 0 saturated heterocycles. The number of hydrogen-bond donors (Lipinski definition) is 2. The van der Waals surface area contributed by atoms with Gasteiger partial charge in [-0.05, 0) is 20.6 Å². The third-order valence-corrected chi connectivity index (χ3v) is 0.611. The Labute approximate surface area is 54.3 Å². The van der Waals surface area contributed by atoms with Crippen molar-refractivity contribution in [3.8, 4) is 0 Å². The fourth-order valence-corrected chi connectivity index (χ4v) is 0.246. The molecule has 2 amide bonds. The summed E-state index contributed by atoms with van der Waals surface area (Å²) in [5.41, 5.74) is 4.98. The van der Waals surface area contributed by atoms with Gasteiger partial charge in [0.25, 0.3) is 0 Å². The van der Waals surface area contributed by atoms with Crippen LogP contribution >= 0.6 is 0 Å². The lowest BCUT2D eigenvalue weighted by Gasteiger charge is -2.05. The smallest absolute Gasteiger partial charge is 0.271 e. The molecule has 0 aliphatic rings. The van der Waals surface area contributed by atoms with E-state index in [1.165, 1.54) is 0 Å². The highest BCUT2D eigenvalue weighted by Crippen LogP contribution is 1.72. The summed E-state index contributed by atoms with van der Waals surface area (Å²) in [6.45, 7) is 6.85. The number of amides is 2. The zero-order chi connectivity index (χ0) is 7.28. The molecule has 0 bridgehead atoms. The normalized spacial score (nSPS) is 9.22. The first-order chi connectivity index (χ1) is 4.16. The highest BCUT2D eigenvalue weighted by Gasteiger charge is 1.93. The van der Waals surface area contributed by atoms with Crippen LogP contribution in [-0.2, 0) is 0 Å². The van der Waals surface area contributed by atoms with Crippen LogP contribution in [0.15, 0.2) is 4.99 Å². The highest BCUT2D eigenvalue weighted by atomic mass is 16.2. The predicted octanol–water partition coefficient (Wildman–Crippen LogP) is 0.310. The van der Waals surface area contributed by atoms with Crippen LogP contribution in [-0.4, -0.2) is 18.8 Å². The fraction of sp³-hybridized carbons (Fsp3) is 0.600. The number of urea groups is 1. The van der Waals surface area contributed by atoms with Crippen LogP contribution < -0.4 is 10.9 Å². The van der Waals surface area contributed by atoms with Gasteiger partial charge >= 0.3 is 6.03 Å². The lowest BCUT2D eigenvalue weighted by Crippen LogP contribution is -2.39. The molecule has 0 aromatic carbocycles. The van der Waals surface area contributed by atoms with Gasteiger partial charge in [0.15, 0.2) is 0 Å². The molecule has 52 valence electrons. The monoisotopic (exact) mass is 129 g/mol. The summed E-state index contributed by atoms with van der Waals surface area (Å²) in [5, 5.41) is 0. The SMILES string of the molecule is C=NC(=O)NNC(C)C. The molecular formula is C5H11N3O. The molecule has 0 radical (unpaired) electrons. The molecule has 4 nitrogen and oxygen atoms in total. The van der Waals surface area contributed by atoms with Gasteiger partial charge in [0, 0.05) is 6.04 Å². The standard InChI is InChI=1S/C5H11N3O/c1-4(2)7-8-5(9)6-3/h4,7H,3H2,1-2H3,(H,8,9).